The molecule has 1 unspecified atom stereocenters. The summed E-state index contributed by atoms with van der Waals surface area (Å²) in [5.74, 6) is 0.932. The number of hydrogen-bond acceptors (Lipinski definition) is 4. The molecule has 0 aliphatic carbocycles. The van der Waals surface area contributed by atoms with Crippen molar-refractivity contribution < 1.29 is 8.42 Å². The van der Waals surface area contributed by atoms with Gasteiger partial charge in [0.2, 0.25) is 0 Å². The second kappa shape index (κ2) is 10.5. The Bertz CT molecular complexity index is 757. The Labute approximate surface area is 189 Å². The number of nitrogens with one attached hydrogen (secondary N) is 1. The summed E-state index contributed by atoms with van der Waals surface area (Å²) in [7, 11) is -3.07. The van der Waals surface area contributed by atoms with Crippen LogP contribution in [0.1, 0.15) is 31.6 Å². The second-order valence-electron chi connectivity index (χ2n) is 6.97. The second-order valence-corrected chi connectivity index (χ2v) is 11.2. The maximum atomic E-state index is 12.3. The van der Waals surface area contributed by atoms with E-state index < -0.39 is 14.6 Å². The molecule has 0 aromatic heterocycles. The van der Waals surface area contributed by atoms with Crippen LogP contribution in [-0.2, 0) is 9.84 Å². The molecular weight excluding hydrogens is 517 g/mol. The van der Waals surface area contributed by atoms with Gasteiger partial charge in [-0.25, -0.2) is 8.42 Å². The molecule has 1 N–H and O–H groups in total. The Balaban J connectivity index is 0.00000364. The van der Waals surface area contributed by atoms with Crippen LogP contribution >= 0.6 is 47.3 Å². The molecule has 27 heavy (non-hydrogen) atoms. The van der Waals surface area contributed by atoms with E-state index in [1.807, 2.05) is 25.1 Å². The van der Waals surface area contributed by atoms with Gasteiger partial charge in [0.25, 0.3) is 0 Å². The third-order valence-electron chi connectivity index (χ3n) is 4.59. The Morgan fingerprint density at radius 1 is 1.44 bits per heavy atom. The first-order valence-corrected chi connectivity index (χ1v) is 12.1. The van der Waals surface area contributed by atoms with Crippen molar-refractivity contribution in [1.29, 1.82) is 0 Å². The summed E-state index contributed by atoms with van der Waals surface area (Å²) in [6, 6.07) is 7.85. The fourth-order valence-electron chi connectivity index (χ4n) is 2.94. The van der Waals surface area contributed by atoms with Crippen molar-refractivity contribution in [2.45, 2.75) is 30.8 Å². The minimum absolute atomic E-state index is 0. The summed E-state index contributed by atoms with van der Waals surface area (Å²) < 4.78 is 23.7. The predicted molar refractivity (Wildman–Crippen MR) is 129 cm³/mol. The number of hydrogen-bond donors (Lipinski definition) is 1. The average molecular weight is 546 g/mol. The third-order valence-corrected chi connectivity index (χ3v) is 8.35. The van der Waals surface area contributed by atoms with Crippen LogP contribution in [0.4, 0.5) is 0 Å². The van der Waals surface area contributed by atoms with E-state index in [-0.39, 0.29) is 35.0 Å². The summed E-state index contributed by atoms with van der Waals surface area (Å²) >= 11 is 7.85. The van der Waals surface area contributed by atoms with Crippen LogP contribution in [0, 0.1) is 0 Å². The van der Waals surface area contributed by atoms with Gasteiger partial charge in [0.05, 0.1) is 17.0 Å². The molecule has 1 aliphatic heterocycles. The predicted octanol–water partition coefficient (Wildman–Crippen LogP) is 3.84. The molecule has 1 aliphatic rings. The van der Waals surface area contributed by atoms with Crippen LogP contribution in [0.2, 0.25) is 5.02 Å². The zero-order chi connectivity index (χ0) is 19.4. The van der Waals surface area contributed by atoms with E-state index in [2.05, 4.69) is 22.5 Å². The first-order valence-electron chi connectivity index (χ1n) is 8.74. The molecule has 5 nitrogen and oxygen atoms in total. The van der Waals surface area contributed by atoms with Crippen molar-refractivity contribution in [2.75, 3.05) is 38.2 Å². The van der Waals surface area contributed by atoms with Gasteiger partial charge in [-0.3, -0.25) is 4.99 Å². The van der Waals surface area contributed by atoms with Crippen LogP contribution in [0.15, 0.2) is 29.3 Å². The molecule has 0 bridgehead atoms. The van der Waals surface area contributed by atoms with Crippen LogP contribution < -0.4 is 5.32 Å². The molecule has 2 rings (SSSR count). The SMILES string of the molecule is CCNC(=NCC(SC)c1cccc(Cl)c1)N1CCS(=O)(=O)C(C)(C)C1.I. The van der Waals surface area contributed by atoms with E-state index >= 15 is 0 Å². The zero-order valence-corrected chi connectivity index (χ0v) is 21.0. The molecule has 154 valence electrons. The molecule has 0 radical (unpaired) electrons. The molecule has 1 aromatic rings. The van der Waals surface area contributed by atoms with Gasteiger partial charge in [0, 0.05) is 29.9 Å². The lowest BCUT2D eigenvalue weighted by Crippen LogP contribution is -2.57. The Hall–Kier alpha value is -0.190. The van der Waals surface area contributed by atoms with E-state index in [4.69, 9.17) is 16.6 Å². The third kappa shape index (κ3) is 6.40. The van der Waals surface area contributed by atoms with Gasteiger partial charge in [-0.1, -0.05) is 23.7 Å². The van der Waals surface area contributed by atoms with Gasteiger partial charge in [0.15, 0.2) is 15.8 Å². The number of rotatable bonds is 5. The van der Waals surface area contributed by atoms with Gasteiger partial charge in [-0.05, 0) is 44.7 Å². The number of benzene rings is 1. The summed E-state index contributed by atoms with van der Waals surface area (Å²) in [6.45, 7) is 7.85. The van der Waals surface area contributed by atoms with Crippen molar-refractivity contribution in [3.05, 3.63) is 34.9 Å². The first-order chi connectivity index (χ1) is 12.2. The topological polar surface area (TPSA) is 61.8 Å². The Morgan fingerprint density at radius 3 is 2.70 bits per heavy atom. The van der Waals surface area contributed by atoms with Gasteiger partial charge in [-0.2, -0.15) is 11.8 Å². The van der Waals surface area contributed by atoms with E-state index in [9.17, 15) is 8.42 Å². The fraction of sp³-hybridized carbons (Fsp3) is 0.611. The van der Waals surface area contributed by atoms with Crippen molar-refractivity contribution >= 4 is 63.1 Å². The number of sulfone groups is 1. The van der Waals surface area contributed by atoms with Crippen LogP contribution in [-0.4, -0.2) is 62.2 Å². The van der Waals surface area contributed by atoms with Crippen LogP contribution in [0.5, 0.6) is 0 Å². The van der Waals surface area contributed by atoms with E-state index in [1.54, 1.807) is 25.6 Å². The highest BCUT2D eigenvalue weighted by Gasteiger charge is 2.41. The number of thioether (sulfide) groups is 1. The number of halogens is 2. The summed E-state index contributed by atoms with van der Waals surface area (Å²) in [4.78, 5) is 6.86. The van der Waals surface area contributed by atoms with Gasteiger partial charge in [0.1, 0.15) is 0 Å². The fourth-order valence-corrected chi connectivity index (χ4v) is 5.15. The molecule has 9 heteroatoms. The minimum Gasteiger partial charge on any atom is -0.357 e. The van der Waals surface area contributed by atoms with Gasteiger partial charge >= 0.3 is 0 Å². The highest BCUT2D eigenvalue weighted by Crippen LogP contribution is 2.29. The molecule has 0 saturated carbocycles. The molecular formula is C18H29ClIN3O2S2. The Kier molecular flexibility index (Phi) is 9.71. The maximum absolute atomic E-state index is 12.3. The monoisotopic (exact) mass is 545 g/mol. The number of guanidine groups is 1. The molecule has 1 fully saturated rings. The summed E-state index contributed by atoms with van der Waals surface area (Å²) in [5.41, 5.74) is 1.14. The molecule has 1 heterocycles. The molecule has 1 atom stereocenters. The van der Waals surface area contributed by atoms with Gasteiger partial charge in [-0.15, -0.1) is 24.0 Å². The van der Waals surface area contributed by atoms with Crippen LogP contribution in [0.25, 0.3) is 0 Å². The summed E-state index contributed by atoms with van der Waals surface area (Å²) in [5, 5.41) is 4.23. The quantitative estimate of drug-likeness (QED) is 0.346. The van der Waals surface area contributed by atoms with Crippen molar-refractivity contribution in [2.24, 2.45) is 4.99 Å². The standard InChI is InChI=1S/C18H28ClN3O2S2.HI/c1-5-20-17(22-9-10-26(23,24)18(2,3)13-22)21-12-16(25-4)14-7-6-8-15(19)11-14;/h6-8,11,16H,5,9-10,12-13H2,1-4H3,(H,20,21);1H. The molecule has 0 amide bonds. The highest BCUT2D eigenvalue weighted by atomic mass is 127. The molecule has 1 aromatic carbocycles. The summed E-state index contributed by atoms with van der Waals surface area (Å²) in [6.07, 6.45) is 2.06. The highest BCUT2D eigenvalue weighted by molar-refractivity contribution is 14.0. The molecule has 0 spiro atoms. The van der Waals surface area contributed by atoms with Gasteiger partial charge < -0.3 is 10.2 Å². The van der Waals surface area contributed by atoms with Crippen molar-refractivity contribution in [1.82, 2.24) is 10.2 Å². The van der Waals surface area contributed by atoms with Crippen LogP contribution in [0.3, 0.4) is 0 Å². The lowest BCUT2D eigenvalue weighted by Gasteiger charge is -2.39. The number of aliphatic imine (C=N–C) groups is 1. The molecule has 1 saturated heterocycles. The number of nitrogens with zero attached hydrogens (tertiary/aromatic N) is 2. The van der Waals surface area contributed by atoms with Crippen molar-refractivity contribution in [3.63, 3.8) is 0 Å². The average Bonchev–Trinajstić information content (AvgIpc) is 2.57. The largest absolute Gasteiger partial charge is 0.357 e. The van der Waals surface area contributed by atoms with E-state index in [0.29, 0.717) is 19.6 Å². The Morgan fingerprint density at radius 2 is 2.15 bits per heavy atom. The van der Waals surface area contributed by atoms with Crippen molar-refractivity contribution in [3.8, 4) is 0 Å². The normalized spacial score (nSPS) is 19.9. The first kappa shape index (κ1) is 24.8. The van der Waals surface area contributed by atoms with E-state index in [1.165, 1.54) is 0 Å². The van der Waals surface area contributed by atoms with E-state index in [0.717, 1.165) is 23.1 Å². The zero-order valence-electron chi connectivity index (χ0n) is 16.2. The maximum Gasteiger partial charge on any atom is 0.194 e. The smallest absolute Gasteiger partial charge is 0.194 e. The minimum atomic E-state index is -3.07. The lowest BCUT2D eigenvalue weighted by molar-refractivity contribution is 0.353. The lowest BCUT2D eigenvalue weighted by atomic mass is 10.1.